The lowest BCUT2D eigenvalue weighted by molar-refractivity contribution is -0.114. The first-order valence-corrected chi connectivity index (χ1v) is 8.70. The number of nitrogens with zero attached hydrogens (tertiary/aromatic N) is 2. The van der Waals surface area contributed by atoms with Crippen LogP contribution in [0.5, 0.6) is 0 Å². The Hall–Kier alpha value is -2.86. The van der Waals surface area contributed by atoms with Crippen LogP contribution in [0.2, 0.25) is 5.02 Å². The molecule has 1 amide bonds. The minimum Gasteiger partial charge on any atom is -0.398 e. The van der Waals surface area contributed by atoms with E-state index in [4.69, 9.17) is 21.3 Å². The number of likely N-dealkylation sites (N-methyl/N-ethyl adjacent to an activating group) is 1. The molecule has 0 radical (unpaired) electrons. The minimum absolute atomic E-state index is 0.181. The monoisotopic (exact) mass is 387 g/mol. The number of carbonyl (C=O) groups is 1. The van der Waals surface area contributed by atoms with E-state index in [2.05, 4.69) is 15.6 Å². The number of halogens is 1. The fourth-order valence-corrected chi connectivity index (χ4v) is 2.60. The van der Waals surface area contributed by atoms with Gasteiger partial charge in [0.1, 0.15) is 13.7 Å². The van der Waals surface area contributed by atoms with Gasteiger partial charge < -0.3 is 15.0 Å². The molecule has 0 atom stereocenters. The van der Waals surface area contributed by atoms with Crippen molar-refractivity contribution in [3.8, 4) is 0 Å². The molecule has 7 heteroatoms. The molecule has 0 saturated heterocycles. The summed E-state index contributed by atoms with van der Waals surface area (Å²) in [6.07, 6.45) is 0. The molecule has 0 spiro atoms. The Morgan fingerprint density at radius 3 is 2.48 bits per heavy atom. The largest absolute Gasteiger partial charge is 0.398 e. The van der Waals surface area contributed by atoms with Crippen molar-refractivity contribution in [2.45, 2.75) is 20.5 Å². The van der Waals surface area contributed by atoms with Crippen LogP contribution in [0.1, 0.15) is 29.2 Å². The molecule has 1 N–H and O–H groups in total. The maximum atomic E-state index is 12.2. The summed E-state index contributed by atoms with van der Waals surface area (Å²) >= 11 is 5.90. The van der Waals surface area contributed by atoms with E-state index in [1.165, 1.54) is 7.11 Å². The number of aryl methyl sites for hydroxylation is 1. The lowest BCUT2D eigenvalue weighted by atomic mass is 9.98. The molecular formula is C20H22ClN3O3. The van der Waals surface area contributed by atoms with Crippen LogP contribution in [0.4, 0.5) is 0 Å². The van der Waals surface area contributed by atoms with Crippen molar-refractivity contribution in [1.29, 1.82) is 0 Å². The Morgan fingerprint density at radius 2 is 1.85 bits per heavy atom. The van der Waals surface area contributed by atoms with Gasteiger partial charge in [0.05, 0.1) is 5.71 Å². The first-order valence-electron chi connectivity index (χ1n) is 8.32. The van der Waals surface area contributed by atoms with E-state index in [-0.39, 0.29) is 18.2 Å². The Morgan fingerprint density at radius 1 is 1.15 bits per heavy atom. The third kappa shape index (κ3) is 5.31. The summed E-state index contributed by atoms with van der Waals surface area (Å²) in [7, 11) is 2.94. The van der Waals surface area contributed by atoms with Gasteiger partial charge in [0.25, 0.3) is 5.91 Å². The quantitative estimate of drug-likeness (QED) is 0.581. The number of carbonyl (C=O) groups excluding carboxylic acids is 1. The summed E-state index contributed by atoms with van der Waals surface area (Å²) < 4.78 is 0. The highest BCUT2D eigenvalue weighted by Crippen LogP contribution is 2.18. The molecule has 0 aliphatic heterocycles. The van der Waals surface area contributed by atoms with Gasteiger partial charge in [0, 0.05) is 23.2 Å². The van der Waals surface area contributed by atoms with Crippen molar-refractivity contribution in [2.75, 3.05) is 14.2 Å². The topological polar surface area (TPSA) is 72.3 Å². The van der Waals surface area contributed by atoms with Gasteiger partial charge in [-0.3, -0.25) is 4.79 Å². The summed E-state index contributed by atoms with van der Waals surface area (Å²) in [5.41, 5.74) is 4.22. The molecule has 27 heavy (non-hydrogen) atoms. The second kappa shape index (κ2) is 9.73. The molecule has 0 bridgehead atoms. The van der Waals surface area contributed by atoms with Crippen molar-refractivity contribution in [3.05, 3.63) is 69.7 Å². The highest BCUT2D eigenvalue weighted by Gasteiger charge is 2.19. The lowest BCUT2D eigenvalue weighted by Crippen LogP contribution is -2.29. The molecule has 0 aromatic heterocycles. The van der Waals surface area contributed by atoms with Crippen molar-refractivity contribution in [1.82, 2.24) is 5.32 Å². The fraction of sp³-hybridized carbons (Fsp3) is 0.250. The van der Waals surface area contributed by atoms with Crippen LogP contribution in [0, 0.1) is 6.92 Å². The van der Waals surface area contributed by atoms with E-state index in [1.807, 2.05) is 38.1 Å². The van der Waals surface area contributed by atoms with Gasteiger partial charge in [0.2, 0.25) is 0 Å². The third-order valence-corrected chi connectivity index (χ3v) is 4.21. The van der Waals surface area contributed by atoms with Crippen LogP contribution < -0.4 is 5.32 Å². The van der Waals surface area contributed by atoms with Gasteiger partial charge >= 0.3 is 0 Å². The molecule has 2 aromatic rings. The van der Waals surface area contributed by atoms with E-state index in [0.717, 1.165) is 22.4 Å². The number of rotatable bonds is 7. The molecular weight excluding hydrogens is 366 g/mol. The van der Waals surface area contributed by atoms with E-state index < -0.39 is 0 Å². The number of benzene rings is 2. The van der Waals surface area contributed by atoms with Gasteiger partial charge in [-0.1, -0.05) is 52.2 Å². The lowest BCUT2D eigenvalue weighted by Gasteiger charge is -2.13. The molecule has 6 nitrogen and oxygen atoms in total. The predicted molar refractivity (Wildman–Crippen MR) is 107 cm³/mol. The number of hydrogen-bond acceptors (Lipinski definition) is 5. The van der Waals surface area contributed by atoms with E-state index in [0.29, 0.717) is 10.6 Å². The highest BCUT2D eigenvalue weighted by atomic mass is 35.5. The molecule has 0 aliphatic carbocycles. The number of oxime groups is 2. The number of nitrogens with one attached hydrogen (secondary N) is 1. The van der Waals surface area contributed by atoms with Crippen LogP contribution in [0.25, 0.3) is 0 Å². The molecule has 0 heterocycles. The Bertz CT molecular complexity index is 861. The Balaban J connectivity index is 2.26. The van der Waals surface area contributed by atoms with E-state index >= 15 is 0 Å². The SMILES string of the molecule is CNC(=O)/C(=N/OC)c1cccc(C)c1CO/N=C(\C)c1ccc(Cl)cc1. The highest BCUT2D eigenvalue weighted by molar-refractivity contribution is 6.45. The number of hydrogen-bond donors (Lipinski definition) is 1. The van der Waals surface area contributed by atoms with Gasteiger partial charge in [-0.05, 0) is 37.1 Å². The van der Waals surface area contributed by atoms with E-state index in [9.17, 15) is 4.79 Å². The molecule has 0 unspecified atom stereocenters. The van der Waals surface area contributed by atoms with Gasteiger partial charge in [-0.15, -0.1) is 0 Å². The van der Waals surface area contributed by atoms with Crippen LogP contribution in [-0.2, 0) is 21.1 Å². The van der Waals surface area contributed by atoms with Gasteiger partial charge in [-0.25, -0.2) is 0 Å². The average molecular weight is 388 g/mol. The van der Waals surface area contributed by atoms with Crippen LogP contribution in [-0.4, -0.2) is 31.5 Å². The molecule has 142 valence electrons. The van der Waals surface area contributed by atoms with Crippen molar-refractivity contribution < 1.29 is 14.5 Å². The molecule has 2 rings (SSSR count). The average Bonchev–Trinajstić information content (AvgIpc) is 2.67. The first-order chi connectivity index (χ1) is 13.0. The Kier molecular flexibility index (Phi) is 7.37. The number of amides is 1. The summed E-state index contributed by atoms with van der Waals surface area (Å²) in [6.45, 7) is 3.98. The molecule has 0 saturated carbocycles. The maximum Gasteiger partial charge on any atom is 0.273 e. The second-order valence-electron chi connectivity index (χ2n) is 5.76. The second-order valence-corrected chi connectivity index (χ2v) is 6.20. The zero-order valence-electron chi connectivity index (χ0n) is 15.7. The molecule has 0 fully saturated rings. The van der Waals surface area contributed by atoms with Crippen molar-refractivity contribution >= 4 is 28.9 Å². The minimum atomic E-state index is -0.343. The smallest absolute Gasteiger partial charge is 0.273 e. The summed E-state index contributed by atoms with van der Waals surface area (Å²) in [5, 5.41) is 11.3. The first kappa shape index (κ1) is 20.5. The zero-order valence-corrected chi connectivity index (χ0v) is 16.5. The Labute approximate surface area is 163 Å². The van der Waals surface area contributed by atoms with Crippen LogP contribution >= 0.6 is 11.6 Å². The molecule has 2 aromatic carbocycles. The summed E-state index contributed by atoms with van der Waals surface area (Å²) in [6, 6.07) is 12.9. The standard InChI is InChI=1S/C20H22ClN3O3/c1-13-6-5-7-17(19(24-26-4)20(25)22-3)18(13)12-27-23-14(2)15-8-10-16(21)11-9-15/h5-11H,12H2,1-4H3,(H,22,25)/b23-14+,24-19+. The van der Waals surface area contributed by atoms with Crippen molar-refractivity contribution in [2.24, 2.45) is 10.3 Å². The normalized spacial score (nSPS) is 11.9. The van der Waals surface area contributed by atoms with Gasteiger partial charge in [0.15, 0.2) is 5.71 Å². The van der Waals surface area contributed by atoms with E-state index in [1.54, 1.807) is 25.2 Å². The fourth-order valence-electron chi connectivity index (χ4n) is 2.48. The summed E-state index contributed by atoms with van der Waals surface area (Å²) in [4.78, 5) is 22.6. The third-order valence-electron chi connectivity index (χ3n) is 3.96. The van der Waals surface area contributed by atoms with Crippen LogP contribution in [0.3, 0.4) is 0 Å². The summed E-state index contributed by atoms with van der Waals surface area (Å²) in [5.74, 6) is -0.343. The zero-order chi connectivity index (χ0) is 19.8. The van der Waals surface area contributed by atoms with Crippen LogP contribution in [0.15, 0.2) is 52.8 Å². The maximum absolute atomic E-state index is 12.2. The predicted octanol–water partition coefficient (Wildman–Crippen LogP) is 3.69. The molecule has 0 aliphatic rings. The van der Waals surface area contributed by atoms with Crippen molar-refractivity contribution in [3.63, 3.8) is 0 Å². The van der Waals surface area contributed by atoms with Gasteiger partial charge in [-0.2, -0.15) is 0 Å².